The lowest BCUT2D eigenvalue weighted by atomic mass is 10.1. The Bertz CT molecular complexity index is 224. The maximum absolute atomic E-state index is 3.96. The molecule has 0 aromatic heterocycles. The fourth-order valence-electron chi connectivity index (χ4n) is 2.84. The molecule has 0 saturated heterocycles. The molecule has 0 saturated carbocycles. The summed E-state index contributed by atoms with van der Waals surface area (Å²) in [6.45, 7) is 13.3. The SMILES string of the molecule is C=C=C(CCCCCCC)[Si](CC)(CC)CC. The molecule has 1 heteroatoms. The van der Waals surface area contributed by atoms with Gasteiger partial charge in [-0.3, -0.25) is 0 Å². The quantitative estimate of drug-likeness (QED) is 0.250. The second-order valence-electron chi connectivity index (χ2n) is 5.16. The molecule has 0 aliphatic heterocycles. The summed E-state index contributed by atoms with van der Waals surface area (Å²) in [6.07, 6.45) is 8.15. The highest BCUT2D eigenvalue weighted by Crippen LogP contribution is 2.31. The highest BCUT2D eigenvalue weighted by molar-refractivity contribution is 6.86. The molecule has 0 aliphatic carbocycles. The molecule has 0 nitrogen and oxygen atoms in total. The van der Waals surface area contributed by atoms with Crippen molar-refractivity contribution < 1.29 is 0 Å². The molecule has 0 amide bonds. The van der Waals surface area contributed by atoms with Crippen LogP contribution in [0.4, 0.5) is 0 Å². The lowest BCUT2D eigenvalue weighted by Crippen LogP contribution is -2.34. The average molecular weight is 253 g/mol. The normalized spacial score (nSPS) is 11.3. The van der Waals surface area contributed by atoms with E-state index >= 15 is 0 Å². The van der Waals surface area contributed by atoms with Crippen molar-refractivity contribution in [2.75, 3.05) is 0 Å². The Morgan fingerprint density at radius 3 is 1.82 bits per heavy atom. The van der Waals surface area contributed by atoms with Crippen molar-refractivity contribution in [3.63, 3.8) is 0 Å². The van der Waals surface area contributed by atoms with Crippen LogP contribution in [0.2, 0.25) is 18.1 Å². The van der Waals surface area contributed by atoms with Crippen LogP contribution in [0.25, 0.3) is 0 Å². The lowest BCUT2D eigenvalue weighted by molar-refractivity contribution is 0.634. The maximum atomic E-state index is 3.96. The molecule has 0 atom stereocenters. The molecule has 100 valence electrons. The number of rotatable bonds is 10. The average Bonchev–Trinajstić information content (AvgIpc) is 2.38. The lowest BCUT2D eigenvalue weighted by Gasteiger charge is -2.30. The molecule has 0 spiro atoms. The van der Waals surface area contributed by atoms with Crippen molar-refractivity contribution in [3.8, 4) is 0 Å². The van der Waals surface area contributed by atoms with Crippen LogP contribution in [-0.2, 0) is 0 Å². The van der Waals surface area contributed by atoms with Crippen LogP contribution >= 0.6 is 0 Å². The van der Waals surface area contributed by atoms with E-state index < -0.39 is 8.07 Å². The topological polar surface area (TPSA) is 0 Å². The summed E-state index contributed by atoms with van der Waals surface area (Å²) < 4.78 is 0. The summed E-state index contributed by atoms with van der Waals surface area (Å²) in [5.74, 6) is 0. The van der Waals surface area contributed by atoms with E-state index in [-0.39, 0.29) is 0 Å². The van der Waals surface area contributed by atoms with Crippen LogP contribution in [0.3, 0.4) is 0 Å². The van der Waals surface area contributed by atoms with Crippen LogP contribution in [0.5, 0.6) is 0 Å². The molecule has 0 fully saturated rings. The van der Waals surface area contributed by atoms with Crippen LogP contribution in [0.1, 0.15) is 66.2 Å². The van der Waals surface area contributed by atoms with Gasteiger partial charge >= 0.3 is 0 Å². The minimum Gasteiger partial charge on any atom is -0.134 e. The Hall–Kier alpha value is -0.263. The van der Waals surface area contributed by atoms with E-state index in [1.165, 1.54) is 56.7 Å². The predicted octanol–water partition coefficient (Wildman–Crippen LogP) is 6.11. The second kappa shape index (κ2) is 9.73. The summed E-state index contributed by atoms with van der Waals surface area (Å²) in [6, 6.07) is 4.10. The third-order valence-corrected chi connectivity index (χ3v) is 10.2. The van der Waals surface area contributed by atoms with Gasteiger partial charge in [0.15, 0.2) is 0 Å². The van der Waals surface area contributed by atoms with E-state index in [2.05, 4.69) is 40.0 Å². The number of hydrogen-bond donors (Lipinski definition) is 0. The molecule has 17 heavy (non-hydrogen) atoms. The molecule has 0 rings (SSSR count). The van der Waals surface area contributed by atoms with Gasteiger partial charge in [-0.2, -0.15) is 0 Å². The highest BCUT2D eigenvalue weighted by Gasteiger charge is 2.30. The van der Waals surface area contributed by atoms with Crippen molar-refractivity contribution in [3.05, 3.63) is 17.5 Å². The predicted molar refractivity (Wildman–Crippen MR) is 83.2 cm³/mol. The standard InChI is InChI=1S/C16H32Si/c1-6-11-12-13-14-15-16(7-2)17(8-3,9-4)10-5/h2,6,8-15H2,1,3-5H3. The fraction of sp³-hybridized carbons (Fsp3) is 0.812. The first-order chi connectivity index (χ1) is 8.20. The first-order valence-corrected chi connectivity index (χ1v) is 10.2. The third-order valence-electron chi connectivity index (χ3n) is 4.41. The van der Waals surface area contributed by atoms with Crippen molar-refractivity contribution in [2.45, 2.75) is 84.4 Å². The van der Waals surface area contributed by atoms with Crippen LogP contribution in [0.15, 0.2) is 17.5 Å². The van der Waals surface area contributed by atoms with Gasteiger partial charge in [0, 0.05) is 0 Å². The largest absolute Gasteiger partial charge is 0.134 e. The molecule has 0 radical (unpaired) electrons. The molecule has 0 bridgehead atoms. The molecule has 0 heterocycles. The monoisotopic (exact) mass is 252 g/mol. The van der Waals surface area contributed by atoms with Gasteiger partial charge < -0.3 is 0 Å². The molecular weight excluding hydrogens is 220 g/mol. The van der Waals surface area contributed by atoms with Crippen LogP contribution in [0, 0.1) is 0 Å². The summed E-state index contributed by atoms with van der Waals surface area (Å²) >= 11 is 0. The van der Waals surface area contributed by atoms with Gasteiger partial charge in [-0.25, -0.2) is 0 Å². The van der Waals surface area contributed by atoms with E-state index in [0.29, 0.717) is 0 Å². The minimum absolute atomic E-state index is 1.17. The van der Waals surface area contributed by atoms with Gasteiger partial charge in [0.1, 0.15) is 0 Å². The maximum Gasteiger partial charge on any atom is 0.0906 e. The van der Waals surface area contributed by atoms with Gasteiger partial charge in [0.25, 0.3) is 0 Å². The Balaban J connectivity index is 4.28. The van der Waals surface area contributed by atoms with E-state index in [1.54, 1.807) is 5.20 Å². The van der Waals surface area contributed by atoms with E-state index in [4.69, 9.17) is 0 Å². The minimum atomic E-state index is -1.17. The van der Waals surface area contributed by atoms with Crippen molar-refractivity contribution >= 4 is 8.07 Å². The Morgan fingerprint density at radius 2 is 1.41 bits per heavy atom. The smallest absolute Gasteiger partial charge is 0.0906 e. The Kier molecular flexibility index (Phi) is 9.58. The number of hydrogen-bond acceptors (Lipinski definition) is 0. The zero-order chi connectivity index (χ0) is 13.1. The first kappa shape index (κ1) is 16.7. The first-order valence-electron chi connectivity index (χ1n) is 7.60. The highest BCUT2D eigenvalue weighted by atomic mass is 28.3. The van der Waals surface area contributed by atoms with E-state index in [0.717, 1.165) is 0 Å². The van der Waals surface area contributed by atoms with Gasteiger partial charge in [-0.05, 0) is 18.0 Å². The Labute approximate surface area is 110 Å². The van der Waals surface area contributed by atoms with Crippen LogP contribution < -0.4 is 0 Å². The molecule has 0 aliphatic rings. The third kappa shape index (κ3) is 5.27. The summed E-state index contributed by atoms with van der Waals surface area (Å²) in [4.78, 5) is 0. The number of unbranched alkanes of at least 4 members (excludes halogenated alkanes) is 4. The van der Waals surface area contributed by atoms with Gasteiger partial charge in [-0.1, -0.05) is 78.1 Å². The zero-order valence-electron chi connectivity index (χ0n) is 12.6. The summed E-state index contributed by atoms with van der Waals surface area (Å²) in [7, 11) is -1.17. The summed E-state index contributed by atoms with van der Waals surface area (Å²) in [5, 5.41) is 1.63. The van der Waals surface area contributed by atoms with Gasteiger partial charge in [0.05, 0.1) is 8.07 Å². The zero-order valence-corrected chi connectivity index (χ0v) is 13.6. The van der Waals surface area contributed by atoms with Gasteiger partial charge in [0.2, 0.25) is 0 Å². The molecule has 0 aromatic rings. The molecule has 0 aromatic carbocycles. The summed E-state index contributed by atoms with van der Waals surface area (Å²) in [5.41, 5.74) is 3.32. The van der Waals surface area contributed by atoms with Crippen molar-refractivity contribution in [1.82, 2.24) is 0 Å². The van der Waals surface area contributed by atoms with E-state index in [1.807, 2.05) is 0 Å². The molecular formula is C16H32Si. The second-order valence-corrected chi connectivity index (χ2v) is 10.4. The van der Waals surface area contributed by atoms with Gasteiger partial charge in [-0.15, -0.1) is 5.73 Å². The van der Waals surface area contributed by atoms with Crippen molar-refractivity contribution in [2.24, 2.45) is 0 Å². The fourth-order valence-corrected chi connectivity index (χ4v) is 6.70. The van der Waals surface area contributed by atoms with Crippen molar-refractivity contribution in [1.29, 1.82) is 0 Å². The Morgan fingerprint density at radius 1 is 0.882 bits per heavy atom. The van der Waals surface area contributed by atoms with E-state index in [9.17, 15) is 0 Å². The number of allylic oxidation sites excluding steroid dienone is 1. The molecule has 0 N–H and O–H groups in total. The van der Waals surface area contributed by atoms with Crippen LogP contribution in [-0.4, -0.2) is 8.07 Å². The molecule has 0 unspecified atom stereocenters.